The second-order valence-corrected chi connectivity index (χ2v) is 8.17. The zero-order chi connectivity index (χ0) is 20.8. The fraction of sp³-hybridized carbons (Fsp3) is 0.417. The van der Waals surface area contributed by atoms with Crippen LogP contribution in [0.3, 0.4) is 0 Å². The van der Waals surface area contributed by atoms with E-state index >= 15 is 0 Å². The maximum atomic E-state index is 13.1. The second kappa shape index (κ2) is 9.76. The molecule has 6 nitrogen and oxygen atoms in total. The molecule has 158 valence electrons. The molecule has 1 N–H and O–H groups in total. The number of carbonyl (C=O) groups is 2. The molecule has 0 spiro atoms. The Morgan fingerprint density at radius 1 is 0.833 bits per heavy atom. The van der Waals surface area contributed by atoms with E-state index in [2.05, 4.69) is 34.5 Å². The molecule has 2 aromatic carbocycles. The molecule has 2 aromatic rings. The molecule has 0 saturated carbocycles. The number of urea groups is 1. The van der Waals surface area contributed by atoms with E-state index in [-0.39, 0.29) is 17.9 Å². The number of likely N-dealkylation sites (tertiary alicyclic amines) is 1. The number of carbonyl (C=O) groups excluding carboxylic acids is 2. The first-order valence-corrected chi connectivity index (χ1v) is 10.8. The molecule has 2 fully saturated rings. The summed E-state index contributed by atoms with van der Waals surface area (Å²) in [5.41, 5.74) is 2.09. The quantitative estimate of drug-likeness (QED) is 0.848. The van der Waals surface area contributed by atoms with E-state index in [1.165, 1.54) is 5.56 Å². The van der Waals surface area contributed by atoms with Gasteiger partial charge in [-0.05, 0) is 30.5 Å². The van der Waals surface area contributed by atoms with Gasteiger partial charge in [-0.15, -0.1) is 0 Å². The molecule has 0 aliphatic carbocycles. The molecule has 0 radical (unpaired) electrons. The molecule has 0 aromatic heterocycles. The minimum Gasteiger partial charge on any atom is -0.340 e. The van der Waals surface area contributed by atoms with E-state index < -0.39 is 0 Å². The second-order valence-electron chi connectivity index (χ2n) is 8.17. The van der Waals surface area contributed by atoms with Crippen LogP contribution in [0.25, 0.3) is 0 Å². The normalized spacial score (nSPS) is 20.1. The lowest BCUT2D eigenvalue weighted by Crippen LogP contribution is -2.53. The molecule has 2 aliphatic heterocycles. The van der Waals surface area contributed by atoms with Crippen LogP contribution in [0.4, 0.5) is 10.5 Å². The molecule has 3 amide bonds. The summed E-state index contributed by atoms with van der Waals surface area (Å²) in [6.45, 7) is 5.45. The van der Waals surface area contributed by atoms with E-state index in [4.69, 9.17) is 0 Å². The number of benzene rings is 2. The third-order valence-electron chi connectivity index (χ3n) is 6.02. The zero-order valence-corrected chi connectivity index (χ0v) is 17.4. The van der Waals surface area contributed by atoms with E-state index in [1.807, 2.05) is 41.3 Å². The molecule has 4 rings (SSSR count). The molecule has 2 saturated heterocycles. The summed E-state index contributed by atoms with van der Waals surface area (Å²) in [5, 5.41) is 2.94. The summed E-state index contributed by atoms with van der Waals surface area (Å²) in [4.78, 5) is 31.9. The first kappa shape index (κ1) is 20.4. The number of rotatable bonds is 4. The average molecular weight is 407 g/mol. The van der Waals surface area contributed by atoms with Crippen molar-refractivity contribution in [1.29, 1.82) is 0 Å². The van der Waals surface area contributed by atoms with Gasteiger partial charge in [0, 0.05) is 51.5 Å². The summed E-state index contributed by atoms with van der Waals surface area (Å²) >= 11 is 0. The maximum absolute atomic E-state index is 13.1. The van der Waals surface area contributed by atoms with Gasteiger partial charge in [0.25, 0.3) is 0 Å². The van der Waals surface area contributed by atoms with Gasteiger partial charge in [-0.3, -0.25) is 9.69 Å². The van der Waals surface area contributed by atoms with E-state index in [0.29, 0.717) is 13.1 Å². The highest BCUT2D eigenvalue weighted by atomic mass is 16.2. The third kappa shape index (κ3) is 5.19. The lowest BCUT2D eigenvalue weighted by atomic mass is 9.96. The topological polar surface area (TPSA) is 55.9 Å². The van der Waals surface area contributed by atoms with Crippen molar-refractivity contribution in [2.24, 2.45) is 5.92 Å². The molecule has 30 heavy (non-hydrogen) atoms. The molecule has 1 unspecified atom stereocenters. The predicted octanol–water partition coefficient (Wildman–Crippen LogP) is 3.27. The monoisotopic (exact) mass is 406 g/mol. The van der Waals surface area contributed by atoms with Crippen molar-refractivity contribution in [3.05, 3.63) is 66.2 Å². The first-order chi connectivity index (χ1) is 14.7. The number of nitrogens with zero attached hydrogens (tertiary/aromatic N) is 3. The standard InChI is InChI=1S/C24H30N4O2/c29-23(27-16-14-26(15-17-27)18-20-8-3-1-4-9-20)21-10-7-13-28(19-21)24(30)25-22-11-5-2-6-12-22/h1-6,8-9,11-12,21H,7,10,13-19H2,(H,25,30). The van der Waals surface area contributed by atoms with Gasteiger partial charge in [-0.25, -0.2) is 4.79 Å². The number of nitrogens with one attached hydrogen (secondary N) is 1. The summed E-state index contributed by atoms with van der Waals surface area (Å²) in [6, 6.07) is 19.8. The van der Waals surface area contributed by atoms with Crippen molar-refractivity contribution in [3.8, 4) is 0 Å². The Bertz CT molecular complexity index is 835. The van der Waals surface area contributed by atoms with Crippen LogP contribution in [0.1, 0.15) is 18.4 Å². The number of amides is 3. The van der Waals surface area contributed by atoms with E-state index in [0.717, 1.165) is 51.3 Å². The predicted molar refractivity (Wildman–Crippen MR) is 118 cm³/mol. The van der Waals surface area contributed by atoms with Gasteiger partial charge in [-0.1, -0.05) is 48.5 Å². The summed E-state index contributed by atoms with van der Waals surface area (Å²) in [6.07, 6.45) is 1.73. The number of piperidine rings is 1. The first-order valence-electron chi connectivity index (χ1n) is 10.8. The van der Waals surface area contributed by atoms with Crippen molar-refractivity contribution in [1.82, 2.24) is 14.7 Å². The molecular formula is C24H30N4O2. The number of para-hydroxylation sites is 1. The van der Waals surface area contributed by atoms with Crippen molar-refractivity contribution in [2.75, 3.05) is 44.6 Å². The smallest absolute Gasteiger partial charge is 0.321 e. The number of piperazine rings is 1. The number of anilines is 1. The van der Waals surface area contributed by atoms with Gasteiger partial charge in [0.2, 0.25) is 5.91 Å². The van der Waals surface area contributed by atoms with Gasteiger partial charge < -0.3 is 15.1 Å². The molecule has 0 bridgehead atoms. The van der Waals surface area contributed by atoms with Gasteiger partial charge >= 0.3 is 6.03 Å². The van der Waals surface area contributed by atoms with Gasteiger partial charge in [-0.2, -0.15) is 0 Å². The van der Waals surface area contributed by atoms with Crippen LogP contribution in [0.15, 0.2) is 60.7 Å². The molecule has 2 heterocycles. The van der Waals surface area contributed by atoms with Crippen molar-refractivity contribution < 1.29 is 9.59 Å². The van der Waals surface area contributed by atoms with Crippen LogP contribution in [-0.2, 0) is 11.3 Å². The largest absolute Gasteiger partial charge is 0.340 e. The van der Waals surface area contributed by atoms with Gasteiger partial charge in [0.05, 0.1) is 5.92 Å². The molecule has 6 heteroatoms. The maximum Gasteiger partial charge on any atom is 0.321 e. The van der Waals surface area contributed by atoms with Crippen molar-refractivity contribution in [2.45, 2.75) is 19.4 Å². The zero-order valence-electron chi connectivity index (χ0n) is 17.4. The fourth-order valence-corrected chi connectivity index (χ4v) is 4.31. The number of hydrogen-bond acceptors (Lipinski definition) is 3. The van der Waals surface area contributed by atoms with Gasteiger partial charge in [0.15, 0.2) is 0 Å². The van der Waals surface area contributed by atoms with Gasteiger partial charge in [0.1, 0.15) is 0 Å². The Hall–Kier alpha value is -2.86. The Kier molecular flexibility index (Phi) is 6.64. The molecular weight excluding hydrogens is 376 g/mol. The Morgan fingerprint density at radius 2 is 1.50 bits per heavy atom. The highest BCUT2D eigenvalue weighted by molar-refractivity contribution is 5.90. The van der Waals surface area contributed by atoms with Crippen LogP contribution >= 0.6 is 0 Å². The molecule has 1 atom stereocenters. The molecule has 2 aliphatic rings. The average Bonchev–Trinajstić information content (AvgIpc) is 2.80. The van der Waals surface area contributed by atoms with E-state index in [9.17, 15) is 9.59 Å². The Morgan fingerprint density at radius 3 is 2.20 bits per heavy atom. The Balaban J connectivity index is 1.27. The third-order valence-corrected chi connectivity index (χ3v) is 6.02. The van der Waals surface area contributed by atoms with Crippen molar-refractivity contribution in [3.63, 3.8) is 0 Å². The lowest BCUT2D eigenvalue weighted by molar-refractivity contribution is -0.138. The van der Waals surface area contributed by atoms with Crippen LogP contribution in [0, 0.1) is 5.92 Å². The summed E-state index contributed by atoms with van der Waals surface area (Å²) < 4.78 is 0. The minimum atomic E-state index is -0.119. The summed E-state index contributed by atoms with van der Waals surface area (Å²) in [7, 11) is 0. The fourth-order valence-electron chi connectivity index (χ4n) is 4.31. The number of hydrogen-bond donors (Lipinski definition) is 1. The minimum absolute atomic E-state index is 0.0963. The van der Waals surface area contributed by atoms with Crippen LogP contribution < -0.4 is 5.32 Å². The highest BCUT2D eigenvalue weighted by Crippen LogP contribution is 2.21. The van der Waals surface area contributed by atoms with Crippen LogP contribution in [0.2, 0.25) is 0 Å². The SMILES string of the molecule is O=C(Nc1ccccc1)N1CCCC(C(=O)N2CCN(Cc3ccccc3)CC2)C1. The van der Waals surface area contributed by atoms with Crippen LogP contribution in [0.5, 0.6) is 0 Å². The van der Waals surface area contributed by atoms with E-state index in [1.54, 1.807) is 4.90 Å². The van der Waals surface area contributed by atoms with Crippen molar-refractivity contribution >= 4 is 17.6 Å². The van der Waals surface area contributed by atoms with Crippen LogP contribution in [-0.4, -0.2) is 65.9 Å². The highest BCUT2D eigenvalue weighted by Gasteiger charge is 2.32. The summed E-state index contributed by atoms with van der Waals surface area (Å²) in [5.74, 6) is 0.104. The Labute approximate surface area is 178 Å². The lowest BCUT2D eigenvalue weighted by Gasteiger charge is -2.39.